The molecule has 1 heterocycles. The molecule has 4 nitrogen and oxygen atoms in total. The zero-order valence-electron chi connectivity index (χ0n) is 4.77. The lowest BCUT2D eigenvalue weighted by Gasteiger charge is -2.27. The molecule has 1 saturated heterocycles. The molecule has 1 aliphatic rings. The molecule has 1 rings (SSSR count). The van der Waals surface area contributed by atoms with Gasteiger partial charge in [0.1, 0.15) is 24.9 Å². The van der Waals surface area contributed by atoms with Crippen LogP contribution >= 0.6 is 0 Å². The molecule has 0 spiro atoms. The fourth-order valence-electron chi connectivity index (χ4n) is 0.659. The van der Waals surface area contributed by atoms with E-state index in [0.717, 1.165) is 6.61 Å². The van der Waals surface area contributed by atoms with E-state index in [1.54, 1.807) is 0 Å². The third-order valence-electron chi connectivity index (χ3n) is 1.25. The van der Waals surface area contributed by atoms with Gasteiger partial charge in [0.25, 0.3) is 0 Å². The molecule has 9 heavy (non-hydrogen) atoms. The molecule has 0 aromatic carbocycles. The average Bonchev–Trinajstić information content (AvgIpc) is 1.83. The fourth-order valence-corrected chi connectivity index (χ4v) is 0.659. The summed E-state index contributed by atoms with van der Waals surface area (Å²) in [4.78, 5) is 0. The van der Waals surface area contributed by atoms with Crippen molar-refractivity contribution in [1.29, 1.82) is 0 Å². The molecule has 53 valence electrons. The molecule has 0 saturated carbocycles. The van der Waals surface area contributed by atoms with Crippen LogP contribution in [-0.2, 0) is 4.74 Å². The Labute approximate surface area is 52.7 Å². The van der Waals surface area contributed by atoms with E-state index in [9.17, 15) is 0 Å². The van der Waals surface area contributed by atoms with Crippen molar-refractivity contribution < 1.29 is 20.1 Å². The van der Waals surface area contributed by atoms with Crippen molar-refractivity contribution in [3.63, 3.8) is 0 Å². The molecular formula is C5H9O4. The predicted octanol–water partition coefficient (Wildman–Crippen LogP) is -1.74. The van der Waals surface area contributed by atoms with Gasteiger partial charge in [-0.15, -0.1) is 0 Å². The van der Waals surface area contributed by atoms with E-state index in [4.69, 9.17) is 15.3 Å². The van der Waals surface area contributed by atoms with E-state index in [1.807, 2.05) is 0 Å². The number of ether oxygens (including phenoxy) is 1. The Balaban J connectivity index is 2.41. The van der Waals surface area contributed by atoms with Crippen LogP contribution in [0, 0.1) is 6.61 Å². The van der Waals surface area contributed by atoms with Crippen LogP contribution in [0.15, 0.2) is 0 Å². The fraction of sp³-hybridized carbons (Fsp3) is 0.800. The standard InChI is InChI=1S/C5H9O4/c6-3-1-9-2-4(7)5(3)8/h1,3-8H,2H2/t3-,4-,5+/m0/s1. The van der Waals surface area contributed by atoms with Crippen LogP contribution in [0.1, 0.15) is 0 Å². The first-order chi connectivity index (χ1) is 4.22. The third kappa shape index (κ3) is 1.40. The van der Waals surface area contributed by atoms with E-state index in [2.05, 4.69) is 4.74 Å². The normalized spacial score (nSPS) is 45.0. The summed E-state index contributed by atoms with van der Waals surface area (Å²) in [6, 6.07) is 0. The van der Waals surface area contributed by atoms with Crippen LogP contribution in [0.25, 0.3) is 0 Å². The van der Waals surface area contributed by atoms with Gasteiger partial charge >= 0.3 is 0 Å². The van der Waals surface area contributed by atoms with Gasteiger partial charge in [-0.05, 0) is 0 Å². The zero-order valence-corrected chi connectivity index (χ0v) is 4.77. The maximum atomic E-state index is 8.83. The van der Waals surface area contributed by atoms with Gasteiger partial charge in [0.15, 0.2) is 0 Å². The van der Waals surface area contributed by atoms with Gasteiger partial charge < -0.3 is 20.1 Å². The van der Waals surface area contributed by atoms with E-state index in [0.29, 0.717) is 0 Å². The lowest BCUT2D eigenvalue weighted by Crippen LogP contribution is -2.44. The minimum Gasteiger partial charge on any atom is -0.388 e. The first-order valence-electron chi connectivity index (χ1n) is 2.71. The SMILES string of the molecule is O[C@@H]1[C@@H](O)[CH]OC[C@@H]1O. The van der Waals surface area contributed by atoms with Crippen LogP contribution in [-0.4, -0.2) is 40.2 Å². The maximum absolute atomic E-state index is 8.83. The Bertz CT molecular complexity index is 85.0. The molecule has 1 aliphatic heterocycles. The first kappa shape index (κ1) is 6.95. The van der Waals surface area contributed by atoms with Crippen molar-refractivity contribution >= 4 is 0 Å². The van der Waals surface area contributed by atoms with Crippen molar-refractivity contribution in [3.05, 3.63) is 6.61 Å². The van der Waals surface area contributed by atoms with Crippen molar-refractivity contribution in [1.82, 2.24) is 0 Å². The number of aliphatic hydroxyl groups is 3. The molecule has 3 N–H and O–H groups in total. The molecule has 3 atom stereocenters. The summed E-state index contributed by atoms with van der Waals surface area (Å²) in [6.07, 6.45) is -3.13. The molecule has 0 aromatic rings. The van der Waals surface area contributed by atoms with E-state index in [1.165, 1.54) is 0 Å². The second-order valence-corrected chi connectivity index (χ2v) is 2.02. The lowest BCUT2D eigenvalue weighted by molar-refractivity contribution is -0.124. The topological polar surface area (TPSA) is 69.9 Å². The van der Waals surface area contributed by atoms with Crippen LogP contribution in [0.4, 0.5) is 0 Å². The summed E-state index contributed by atoms with van der Waals surface area (Å²) < 4.78 is 4.58. The van der Waals surface area contributed by atoms with Crippen LogP contribution in [0.5, 0.6) is 0 Å². The molecule has 4 heteroatoms. The number of hydrogen-bond acceptors (Lipinski definition) is 4. The molecule has 0 aliphatic carbocycles. The Morgan fingerprint density at radius 2 is 2.00 bits per heavy atom. The Morgan fingerprint density at radius 1 is 1.33 bits per heavy atom. The van der Waals surface area contributed by atoms with Gasteiger partial charge in [-0.2, -0.15) is 0 Å². The van der Waals surface area contributed by atoms with Crippen molar-refractivity contribution in [2.75, 3.05) is 6.61 Å². The number of rotatable bonds is 0. The van der Waals surface area contributed by atoms with E-state index in [-0.39, 0.29) is 6.61 Å². The van der Waals surface area contributed by atoms with Crippen LogP contribution in [0.3, 0.4) is 0 Å². The predicted molar refractivity (Wildman–Crippen MR) is 28.3 cm³/mol. The maximum Gasteiger partial charge on any atom is 0.115 e. The summed E-state index contributed by atoms with van der Waals surface area (Å²) in [5.74, 6) is 0. The minimum absolute atomic E-state index is 0.0538. The number of aliphatic hydroxyl groups excluding tert-OH is 3. The van der Waals surface area contributed by atoms with Gasteiger partial charge in [0.2, 0.25) is 0 Å². The van der Waals surface area contributed by atoms with Crippen molar-refractivity contribution in [2.45, 2.75) is 18.3 Å². The van der Waals surface area contributed by atoms with Gasteiger partial charge in [0.05, 0.1) is 6.61 Å². The van der Waals surface area contributed by atoms with E-state index < -0.39 is 18.3 Å². The highest BCUT2D eigenvalue weighted by Crippen LogP contribution is 2.10. The Morgan fingerprint density at radius 3 is 2.44 bits per heavy atom. The Hall–Kier alpha value is -0.160. The monoisotopic (exact) mass is 133 g/mol. The highest BCUT2D eigenvalue weighted by molar-refractivity contribution is 4.85. The summed E-state index contributed by atoms with van der Waals surface area (Å²) in [5.41, 5.74) is 0. The molecule has 1 fully saturated rings. The molecule has 0 aromatic heterocycles. The molecule has 0 bridgehead atoms. The zero-order chi connectivity index (χ0) is 6.85. The quantitative estimate of drug-likeness (QED) is 0.367. The second-order valence-electron chi connectivity index (χ2n) is 2.02. The van der Waals surface area contributed by atoms with Gasteiger partial charge in [-0.25, -0.2) is 0 Å². The van der Waals surface area contributed by atoms with Crippen LogP contribution < -0.4 is 0 Å². The van der Waals surface area contributed by atoms with Gasteiger partial charge in [-0.1, -0.05) is 0 Å². The molecule has 1 radical (unpaired) electrons. The highest BCUT2D eigenvalue weighted by Gasteiger charge is 2.29. The van der Waals surface area contributed by atoms with Gasteiger partial charge in [0, 0.05) is 0 Å². The summed E-state index contributed by atoms with van der Waals surface area (Å²) >= 11 is 0. The van der Waals surface area contributed by atoms with Gasteiger partial charge in [-0.3, -0.25) is 0 Å². The number of hydrogen-bond donors (Lipinski definition) is 3. The third-order valence-corrected chi connectivity index (χ3v) is 1.25. The lowest BCUT2D eigenvalue weighted by atomic mass is 10.1. The average molecular weight is 133 g/mol. The molecular weight excluding hydrogens is 124 g/mol. The molecule has 0 unspecified atom stereocenters. The van der Waals surface area contributed by atoms with Crippen molar-refractivity contribution in [2.24, 2.45) is 0 Å². The van der Waals surface area contributed by atoms with Crippen LogP contribution in [0.2, 0.25) is 0 Å². The Kier molecular flexibility index (Phi) is 2.02. The van der Waals surface area contributed by atoms with Crippen molar-refractivity contribution in [3.8, 4) is 0 Å². The molecule has 0 amide bonds. The second kappa shape index (κ2) is 2.62. The smallest absolute Gasteiger partial charge is 0.115 e. The summed E-state index contributed by atoms with van der Waals surface area (Å²) in [5, 5.41) is 26.4. The largest absolute Gasteiger partial charge is 0.388 e. The first-order valence-corrected chi connectivity index (χ1v) is 2.71. The summed E-state index contributed by atoms with van der Waals surface area (Å²) in [6.45, 7) is 1.16. The highest BCUT2D eigenvalue weighted by atomic mass is 16.5. The minimum atomic E-state index is -1.10. The van der Waals surface area contributed by atoms with E-state index >= 15 is 0 Å². The summed E-state index contributed by atoms with van der Waals surface area (Å²) in [7, 11) is 0.